The van der Waals surface area contributed by atoms with Crippen LogP contribution in [0.3, 0.4) is 0 Å². The molecule has 0 aromatic heterocycles. The van der Waals surface area contributed by atoms with E-state index in [1.54, 1.807) is 0 Å². The molecule has 1 saturated carbocycles. The van der Waals surface area contributed by atoms with Crippen LogP contribution >= 0.6 is 0 Å². The van der Waals surface area contributed by atoms with Gasteiger partial charge in [-0.05, 0) is 29.9 Å². The third kappa shape index (κ3) is 2.20. The molecule has 1 aliphatic carbocycles. The van der Waals surface area contributed by atoms with E-state index in [1.807, 2.05) is 18.2 Å². The molecule has 2 heteroatoms. The van der Waals surface area contributed by atoms with Crippen molar-refractivity contribution in [2.75, 3.05) is 6.67 Å². The van der Waals surface area contributed by atoms with Gasteiger partial charge in [0.1, 0.15) is 0 Å². The van der Waals surface area contributed by atoms with Gasteiger partial charge in [0.05, 0.1) is 6.67 Å². The minimum atomic E-state index is -0.237. The zero-order valence-electron chi connectivity index (χ0n) is 8.95. The highest BCUT2D eigenvalue weighted by Crippen LogP contribution is 2.39. The molecule has 0 amide bonds. The van der Waals surface area contributed by atoms with Gasteiger partial charge in [-0.1, -0.05) is 30.7 Å². The van der Waals surface area contributed by atoms with Crippen molar-refractivity contribution in [3.63, 3.8) is 0 Å². The fraction of sp³-hybridized carbons (Fsp3) is 0.538. The van der Waals surface area contributed by atoms with Crippen LogP contribution in [0.5, 0.6) is 0 Å². The Morgan fingerprint density at radius 1 is 1.40 bits per heavy atom. The number of halogens is 1. The first-order chi connectivity index (χ1) is 7.35. The fourth-order valence-corrected chi connectivity index (χ4v) is 2.28. The maximum absolute atomic E-state index is 13.0. The van der Waals surface area contributed by atoms with Crippen molar-refractivity contribution in [2.24, 2.45) is 11.7 Å². The molecule has 1 nitrogen and oxygen atoms in total. The van der Waals surface area contributed by atoms with Crippen LogP contribution in [0.4, 0.5) is 4.39 Å². The smallest absolute Gasteiger partial charge is 0.0965 e. The van der Waals surface area contributed by atoms with Gasteiger partial charge < -0.3 is 5.73 Å². The first-order valence-corrected chi connectivity index (χ1v) is 5.70. The largest absolute Gasteiger partial charge is 0.326 e. The molecule has 15 heavy (non-hydrogen) atoms. The van der Waals surface area contributed by atoms with Crippen LogP contribution in [-0.2, 0) is 6.54 Å². The fourth-order valence-electron chi connectivity index (χ4n) is 2.28. The summed E-state index contributed by atoms with van der Waals surface area (Å²) in [4.78, 5) is 0. The van der Waals surface area contributed by atoms with Crippen molar-refractivity contribution in [1.82, 2.24) is 0 Å². The Balaban J connectivity index is 2.17. The SMILES string of the molecule is NCc1cccc(C(CF)C2CCC2)c1. The second-order valence-electron chi connectivity index (χ2n) is 4.40. The van der Waals surface area contributed by atoms with Crippen LogP contribution in [0.2, 0.25) is 0 Å². The second kappa shape index (κ2) is 4.75. The van der Waals surface area contributed by atoms with E-state index in [4.69, 9.17) is 5.73 Å². The molecule has 0 heterocycles. The Morgan fingerprint density at radius 3 is 2.73 bits per heavy atom. The monoisotopic (exact) mass is 207 g/mol. The van der Waals surface area contributed by atoms with Gasteiger partial charge in [-0.25, -0.2) is 0 Å². The molecule has 0 spiro atoms. The average Bonchev–Trinajstić information content (AvgIpc) is 2.23. The van der Waals surface area contributed by atoms with Crippen LogP contribution in [0.15, 0.2) is 24.3 Å². The molecule has 1 aromatic carbocycles. The predicted molar refractivity (Wildman–Crippen MR) is 60.4 cm³/mol. The highest BCUT2D eigenvalue weighted by atomic mass is 19.1. The minimum absolute atomic E-state index is 0.102. The zero-order valence-corrected chi connectivity index (χ0v) is 8.95. The van der Waals surface area contributed by atoms with Crippen molar-refractivity contribution in [3.05, 3.63) is 35.4 Å². The number of nitrogens with two attached hydrogens (primary N) is 1. The van der Waals surface area contributed by atoms with Crippen molar-refractivity contribution >= 4 is 0 Å². The summed E-state index contributed by atoms with van der Waals surface area (Å²) in [6.07, 6.45) is 3.63. The standard InChI is InChI=1S/C13H18FN/c14-8-13(11-4-2-5-11)12-6-1-3-10(7-12)9-15/h1,3,6-7,11,13H,2,4-5,8-9,15H2. The van der Waals surface area contributed by atoms with Gasteiger partial charge >= 0.3 is 0 Å². The van der Waals surface area contributed by atoms with Gasteiger partial charge in [0.2, 0.25) is 0 Å². The summed E-state index contributed by atoms with van der Waals surface area (Å²) in [6, 6.07) is 8.07. The molecule has 0 radical (unpaired) electrons. The van der Waals surface area contributed by atoms with Gasteiger partial charge in [0.25, 0.3) is 0 Å². The van der Waals surface area contributed by atoms with Crippen molar-refractivity contribution in [2.45, 2.75) is 31.7 Å². The molecule has 82 valence electrons. The van der Waals surface area contributed by atoms with Crippen LogP contribution in [0.25, 0.3) is 0 Å². The topological polar surface area (TPSA) is 26.0 Å². The number of hydrogen-bond acceptors (Lipinski definition) is 1. The van der Waals surface area contributed by atoms with E-state index in [0.29, 0.717) is 12.5 Å². The molecule has 1 unspecified atom stereocenters. The molecule has 1 aliphatic rings. The molecule has 0 saturated heterocycles. The van der Waals surface area contributed by atoms with E-state index < -0.39 is 0 Å². The zero-order chi connectivity index (χ0) is 10.7. The van der Waals surface area contributed by atoms with Crippen LogP contribution in [-0.4, -0.2) is 6.67 Å². The molecule has 1 atom stereocenters. The molecule has 0 aliphatic heterocycles. The number of rotatable bonds is 4. The lowest BCUT2D eigenvalue weighted by Crippen LogP contribution is -2.22. The molecule has 2 rings (SSSR count). The van der Waals surface area contributed by atoms with Gasteiger partial charge in [-0.2, -0.15) is 0 Å². The van der Waals surface area contributed by atoms with Gasteiger partial charge in [-0.15, -0.1) is 0 Å². The maximum atomic E-state index is 13.0. The number of alkyl halides is 1. The van der Waals surface area contributed by atoms with Crippen LogP contribution < -0.4 is 5.73 Å². The van der Waals surface area contributed by atoms with E-state index in [9.17, 15) is 4.39 Å². The Hall–Kier alpha value is -0.890. The molecule has 0 bridgehead atoms. The molecule has 1 fully saturated rings. The normalized spacial score (nSPS) is 18.5. The molecular formula is C13H18FN. The van der Waals surface area contributed by atoms with E-state index in [-0.39, 0.29) is 12.6 Å². The summed E-state index contributed by atoms with van der Waals surface area (Å²) in [7, 11) is 0. The lowest BCUT2D eigenvalue weighted by atomic mass is 9.73. The minimum Gasteiger partial charge on any atom is -0.326 e. The lowest BCUT2D eigenvalue weighted by molar-refractivity contribution is 0.227. The lowest BCUT2D eigenvalue weighted by Gasteiger charge is -2.32. The summed E-state index contributed by atoms with van der Waals surface area (Å²) in [5.74, 6) is 0.660. The van der Waals surface area contributed by atoms with Crippen molar-refractivity contribution in [1.29, 1.82) is 0 Å². The quantitative estimate of drug-likeness (QED) is 0.807. The summed E-state index contributed by atoms with van der Waals surface area (Å²) in [5, 5.41) is 0. The molecule has 1 aromatic rings. The third-order valence-electron chi connectivity index (χ3n) is 3.50. The summed E-state index contributed by atoms with van der Waals surface area (Å²) in [6.45, 7) is 0.302. The maximum Gasteiger partial charge on any atom is 0.0965 e. The summed E-state index contributed by atoms with van der Waals surface area (Å²) < 4.78 is 13.0. The Kier molecular flexibility index (Phi) is 3.37. The number of benzene rings is 1. The van der Waals surface area contributed by atoms with Gasteiger partial charge in [0.15, 0.2) is 0 Å². The summed E-state index contributed by atoms with van der Waals surface area (Å²) >= 11 is 0. The van der Waals surface area contributed by atoms with E-state index in [1.165, 1.54) is 19.3 Å². The highest BCUT2D eigenvalue weighted by molar-refractivity contribution is 5.27. The summed E-state index contributed by atoms with van der Waals surface area (Å²) in [5.41, 5.74) is 7.82. The Morgan fingerprint density at radius 2 is 2.20 bits per heavy atom. The van der Waals surface area contributed by atoms with Gasteiger partial charge in [0, 0.05) is 12.5 Å². The third-order valence-corrected chi connectivity index (χ3v) is 3.50. The molecule has 2 N–H and O–H groups in total. The van der Waals surface area contributed by atoms with E-state index in [2.05, 4.69) is 6.07 Å². The highest BCUT2D eigenvalue weighted by Gasteiger charge is 2.28. The first-order valence-electron chi connectivity index (χ1n) is 5.70. The second-order valence-corrected chi connectivity index (χ2v) is 4.40. The Labute approximate surface area is 90.5 Å². The van der Waals surface area contributed by atoms with Crippen LogP contribution in [0, 0.1) is 5.92 Å². The van der Waals surface area contributed by atoms with Gasteiger partial charge in [-0.3, -0.25) is 4.39 Å². The van der Waals surface area contributed by atoms with E-state index in [0.717, 1.165) is 11.1 Å². The Bertz CT molecular complexity index is 320. The van der Waals surface area contributed by atoms with Crippen molar-refractivity contribution in [3.8, 4) is 0 Å². The molecular weight excluding hydrogens is 189 g/mol. The van der Waals surface area contributed by atoms with Crippen molar-refractivity contribution < 1.29 is 4.39 Å². The van der Waals surface area contributed by atoms with E-state index >= 15 is 0 Å². The average molecular weight is 207 g/mol. The predicted octanol–water partition coefficient (Wildman–Crippen LogP) is 3.00. The first kappa shape index (κ1) is 10.6. The number of hydrogen-bond donors (Lipinski definition) is 1. The van der Waals surface area contributed by atoms with Crippen LogP contribution in [0.1, 0.15) is 36.3 Å².